The third kappa shape index (κ3) is 6.75. The fourth-order valence-corrected chi connectivity index (χ4v) is 4.88. The molecule has 11 heteroatoms. The van der Waals surface area contributed by atoms with E-state index in [0.717, 1.165) is 31.1 Å². The van der Waals surface area contributed by atoms with Crippen molar-refractivity contribution in [2.75, 3.05) is 56.8 Å². The van der Waals surface area contributed by atoms with Crippen LogP contribution in [0, 0.1) is 0 Å². The zero-order valence-corrected chi connectivity index (χ0v) is 20.4. The molecule has 2 heterocycles. The summed E-state index contributed by atoms with van der Waals surface area (Å²) in [5, 5.41) is 0. The number of rotatable bonds is 8. The third-order valence-corrected chi connectivity index (χ3v) is 6.81. The van der Waals surface area contributed by atoms with E-state index in [4.69, 9.17) is 4.74 Å². The van der Waals surface area contributed by atoms with Gasteiger partial charge in [-0.2, -0.15) is 0 Å². The van der Waals surface area contributed by atoms with Crippen LogP contribution < -0.4 is 4.72 Å². The maximum absolute atomic E-state index is 12.7. The van der Waals surface area contributed by atoms with Crippen LogP contribution in [0.1, 0.15) is 47.9 Å². The fourth-order valence-electron chi connectivity index (χ4n) is 3.78. The monoisotopic (exact) mass is 480 g/mol. The number of anilines is 1. The molecule has 0 atom stereocenters. The molecule has 2 aliphatic heterocycles. The first-order valence-corrected chi connectivity index (χ1v) is 12.6. The molecule has 10 nitrogen and oxygen atoms in total. The number of likely N-dealkylation sites (N-methyl/N-ethyl adjacent to an activating group) is 1. The lowest BCUT2D eigenvalue weighted by Crippen LogP contribution is -2.45. The summed E-state index contributed by atoms with van der Waals surface area (Å²) in [6.07, 6.45) is 0.491. The van der Waals surface area contributed by atoms with Gasteiger partial charge in [0, 0.05) is 31.9 Å². The van der Waals surface area contributed by atoms with Gasteiger partial charge in [0.15, 0.2) is 0 Å². The molecule has 2 aliphatic rings. The zero-order chi connectivity index (χ0) is 24.4. The largest absolute Gasteiger partial charge is 0.459 e. The quantitative estimate of drug-likeness (QED) is 0.433. The molecule has 33 heavy (non-hydrogen) atoms. The van der Waals surface area contributed by atoms with Crippen molar-refractivity contribution >= 4 is 33.5 Å². The van der Waals surface area contributed by atoms with Gasteiger partial charge in [-0.15, -0.1) is 0 Å². The molecule has 0 spiro atoms. The predicted octanol–water partition coefficient (Wildman–Crippen LogP) is 1.00. The van der Waals surface area contributed by atoms with Crippen molar-refractivity contribution in [1.29, 1.82) is 0 Å². The minimum Gasteiger partial charge on any atom is -0.459 e. The number of sulfonamides is 1. The maximum Gasteiger partial charge on any atom is 0.326 e. The number of amides is 2. The topological polar surface area (TPSA) is 116 Å². The Bertz CT molecular complexity index is 1030. The first kappa shape index (κ1) is 25.1. The van der Waals surface area contributed by atoms with Gasteiger partial charge >= 0.3 is 5.97 Å². The van der Waals surface area contributed by atoms with Crippen molar-refractivity contribution in [3.63, 3.8) is 0 Å². The molecule has 1 fully saturated rings. The van der Waals surface area contributed by atoms with Gasteiger partial charge in [-0.25, -0.2) is 8.42 Å². The smallest absolute Gasteiger partial charge is 0.326 e. The number of fused-ring (bicyclic) bond motifs is 1. The normalized spacial score (nSPS) is 17.9. The molecule has 3 rings (SSSR count). The van der Waals surface area contributed by atoms with Gasteiger partial charge in [0.2, 0.25) is 10.0 Å². The van der Waals surface area contributed by atoms with E-state index < -0.39 is 40.0 Å². The molecule has 1 saturated heterocycles. The number of piperazine rings is 1. The summed E-state index contributed by atoms with van der Waals surface area (Å²) in [6, 6.07) is 4.18. The van der Waals surface area contributed by atoms with Crippen molar-refractivity contribution in [2.45, 2.75) is 32.8 Å². The van der Waals surface area contributed by atoms with E-state index in [2.05, 4.69) is 21.6 Å². The second kappa shape index (κ2) is 9.78. The van der Waals surface area contributed by atoms with Crippen molar-refractivity contribution in [3.05, 3.63) is 29.3 Å². The number of imide groups is 1. The number of hydrogen-bond donors (Lipinski definition) is 1. The highest BCUT2D eigenvalue weighted by atomic mass is 32.2. The first-order valence-electron chi connectivity index (χ1n) is 11.0. The van der Waals surface area contributed by atoms with E-state index in [1.54, 1.807) is 20.8 Å². The number of ether oxygens (including phenoxy) is 1. The molecule has 0 aromatic heterocycles. The van der Waals surface area contributed by atoms with E-state index in [1.165, 1.54) is 18.2 Å². The van der Waals surface area contributed by atoms with E-state index in [0.29, 0.717) is 13.0 Å². The number of nitrogens with one attached hydrogen (secondary N) is 1. The van der Waals surface area contributed by atoms with Gasteiger partial charge in [0.05, 0.1) is 16.9 Å². The van der Waals surface area contributed by atoms with Gasteiger partial charge in [0.25, 0.3) is 11.8 Å². The molecule has 0 aliphatic carbocycles. The summed E-state index contributed by atoms with van der Waals surface area (Å²) in [4.78, 5) is 42.6. The molecule has 1 N–H and O–H groups in total. The Hall–Kier alpha value is -2.50. The number of carbonyl (C=O) groups is 3. The molecular weight excluding hydrogens is 448 g/mol. The van der Waals surface area contributed by atoms with Crippen LogP contribution in [0.3, 0.4) is 0 Å². The molecule has 1 aromatic carbocycles. The fraction of sp³-hybridized carbons (Fsp3) is 0.591. The predicted molar refractivity (Wildman–Crippen MR) is 124 cm³/mol. The second-order valence-corrected chi connectivity index (χ2v) is 11.3. The number of esters is 1. The Morgan fingerprint density at radius 1 is 1.06 bits per heavy atom. The summed E-state index contributed by atoms with van der Waals surface area (Å²) < 4.78 is 32.7. The molecule has 0 bridgehead atoms. The second-order valence-electron chi connectivity index (χ2n) is 9.46. The molecule has 0 saturated carbocycles. The van der Waals surface area contributed by atoms with Crippen molar-refractivity contribution < 1.29 is 27.5 Å². The van der Waals surface area contributed by atoms with Crippen LogP contribution in [0.2, 0.25) is 0 Å². The SMILES string of the molecule is CN1CCN(CCCS(=O)(=O)Nc2ccc3c(c2)C(=O)N(CC(=O)OC(C)(C)C)C3=O)CC1. The van der Waals surface area contributed by atoms with Gasteiger partial charge in [-0.05, 0) is 59.0 Å². The molecule has 0 unspecified atom stereocenters. The van der Waals surface area contributed by atoms with Crippen LogP contribution in [-0.4, -0.2) is 98.6 Å². The van der Waals surface area contributed by atoms with Gasteiger partial charge in [-0.1, -0.05) is 0 Å². The Morgan fingerprint density at radius 3 is 2.33 bits per heavy atom. The van der Waals surface area contributed by atoms with Crippen molar-refractivity contribution in [3.8, 4) is 0 Å². The highest BCUT2D eigenvalue weighted by molar-refractivity contribution is 7.92. The lowest BCUT2D eigenvalue weighted by atomic mass is 10.1. The van der Waals surface area contributed by atoms with Crippen LogP contribution in [-0.2, 0) is 19.6 Å². The van der Waals surface area contributed by atoms with E-state index in [9.17, 15) is 22.8 Å². The van der Waals surface area contributed by atoms with E-state index in [-0.39, 0.29) is 22.6 Å². The summed E-state index contributed by atoms with van der Waals surface area (Å²) in [7, 11) is -1.55. The maximum atomic E-state index is 12.7. The average molecular weight is 481 g/mol. The van der Waals surface area contributed by atoms with Crippen LogP contribution >= 0.6 is 0 Å². The standard InChI is InChI=1S/C22H32N4O6S/c1-22(2,3)32-19(27)15-26-20(28)17-7-6-16(14-18(17)21(26)29)23-33(30,31)13-5-8-25-11-9-24(4)10-12-25/h6-7,14,23H,5,8-13,15H2,1-4H3. The lowest BCUT2D eigenvalue weighted by Gasteiger charge is -2.32. The number of hydrogen-bond acceptors (Lipinski definition) is 8. The number of carbonyl (C=O) groups excluding carboxylic acids is 3. The summed E-state index contributed by atoms with van der Waals surface area (Å²) in [5.41, 5.74) is -0.359. The van der Waals surface area contributed by atoms with Crippen molar-refractivity contribution in [2.24, 2.45) is 0 Å². The lowest BCUT2D eigenvalue weighted by molar-refractivity contribution is -0.155. The molecule has 2 amide bonds. The van der Waals surface area contributed by atoms with Gasteiger partial charge < -0.3 is 14.5 Å². The third-order valence-electron chi connectivity index (χ3n) is 5.43. The van der Waals surface area contributed by atoms with Crippen molar-refractivity contribution in [1.82, 2.24) is 14.7 Å². The highest BCUT2D eigenvalue weighted by Crippen LogP contribution is 2.26. The Morgan fingerprint density at radius 2 is 1.70 bits per heavy atom. The van der Waals surface area contributed by atoms with Crippen LogP contribution in [0.15, 0.2) is 18.2 Å². The summed E-state index contributed by atoms with van der Waals surface area (Å²) >= 11 is 0. The molecule has 182 valence electrons. The summed E-state index contributed by atoms with van der Waals surface area (Å²) in [5.74, 6) is -2.01. The summed E-state index contributed by atoms with van der Waals surface area (Å²) in [6.45, 7) is 9.05. The van der Waals surface area contributed by atoms with Gasteiger partial charge in [0.1, 0.15) is 12.1 Å². The first-order chi connectivity index (χ1) is 15.3. The number of benzene rings is 1. The van der Waals surface area contributed by atoms with Crippen LogP contribution in [0.4, 0.5) is 5.69 Å². The molecular formula is C22H32N4O6S. The number of nitrogens with zero attached hydrogens (tertiary/aromatic N) is 3. The van der Waals surface area contributed by atoms with Crippen LogP contribution in [0.25, 0.3) is 0 Å². The molecule has 0 radical (unpaired) electrons. The van der Waals surface area contributed by atoms with E-state index >= 15 is 0 Å². The highest BCUT2D eigenvalue weighted by Gasteiger charge is 2.38. The van der Waals surface area contributed by atoms with Gasteiger partial charge in [-0.3, -0.25) is 24.0 Å². The average Bonchev–Trinajstić information content (AvgIpc) is 2.92. The van der Waals surface area contributed by atoms with E-state index in [1.807, 2.05) is 0 Å². The minimum atomic E-state index is -3.62. The van der Waals surface area contributed by atoms with Crippen LogP contribution in [0.5, 0.6) is 0 Å². The Balaban J connectivity index is 1.59. The Labute approximate surface area is 194 Å². The molecule has 1 aromatic rings. The Kier molecular flexibility index (Phi) is 7.45. The zero-order valence-electron chi connectivity index (χ0n) is 19.6. The minimum absolute atomic E-state index is 0.0475.